The fourth-order valence-corrected chi connectivity index (χ4v) is 2.87. The molecule has 0 bridgehead atoms. The Bertz CT molecular complexity index is 422. The van der Waals surface area contributed by atoms with E-state index in [1.807, 2.05) is 25.1 Å². The van der Waals surface area contributed by atoms with E-state index in [9.17, 15) is 0 Å². The minimum atomic E-state index is -0.276. The fraction of sp³-hybridized carbons (Fsp3) is 0.625. The number of hydrogen-bond acceptors (Lipinski definition) is 4. The quantitative estimate of drug-likeness (QED) is 0.830. The van der Waals surface area contributed by atoms with Gasteiger partial charge in [-0.3, -0.25) is 0 Å². The maximum Gasteiger partial charge on any atom is 0.189 e. The highest BCUT2D eigenvalue weighted by atomic mass is 16.8. The highest BCUT2D eigenvalue weighted by Crippen LogP contribution is 2.36. The Hall–Kier alpha value is -0.940. The molecule has 0 saturated carbocycles. The third kappa shape index (κ3) is 2.88. The van der Waals surface area contributed by atoms with E-state index in [1.165, 1.54) is 0 Å². The van der Waals surface area contributed by atoms with E-state index in [0.29, 0.717) is 6.61 Å². The van der Waals surface area contributed by atoms with Gasteiger partial charge in [0.25, 0.3) is 0 Å². The van der Waals surface area contributed by atoms with Crippen LogP contribution in [0.3, 0.4) is 0 Å². The van der Waals surface area contributed by atoms with Crippen molar-refractivity contribution in [3.8, 4) is 0 Å². The van der Waals surface area contributed by atoms with Crippen molar-refractivity contribution in [1.29, 1.82) is 0 Å². The Morgan fingerprint density at radius 3 is 2.65 bits per heavy atom. The van der Waals surface area contributed by atoms with Gasteiger partial charge in [0.1, 0.15) is 12.2 Å². The van der Waals surface area contributed by atoms with Gasteiger partial charge in [-0.2, -0.15) is 0 Å². The molecule has 20 heavy (non-hydrogen) atoms. The van der Waals surface area contributed by atoms with Crippen molar-refractivity contribution in [2.24, 2.45) is 0 Å². The summed E-state index contributed by atoms with van der Waals surface area (Å²) in [5.41, 5.74) is 1.16. The van der Waals surface area contributed by atoms with Gasteiger partial charge >= 0.3 is 0 Å². The van der Waals surface area contributed by atoms with Crippen LogP contribution in [0.25, 0.3) is 0 Å². The Morgan fingerprint density at radius 1 is 1.10 bits per heavy atom. The lowest BCUT2D eigenvalue weighted by molar-refractivity contribution is -0.168. The molecule has 1 unspecified atom stereocenters. The largest absolute Gasteiger partial charge is 0.368 e. The van der Waals surface area contributed by atoms with Crippen LogP contribution in [0.15, 0.2) is 30.3 Å². The van der Waals surface area contributed by atoms with Crippen LogP contribution in [0.1, 0.15) is 32.3 Å². The van der Waals surface area contributed by atoms with E-state index in [-0.39, 0.29) is 30.9 Å². The average molecular weight is 278 g/mol. The zero-order valence-electron chi connectivity index (χ0n) is 12.0. The van der Waals surface area contributed by atoms with Crippen molar-refractivity contribution >= 4 is 0 Å². The van der Waals surface area contributed by atoms with Crippen molar-refractivity contribution in [2.75, 3.05) is 0 Å². The van der Waals surface area contributed by atoms with E-state index in [4.69, 9.17) is 18.9 Å². The molecular formula is C16H22O4. The summed E-state index contributed by atoms with van der Waals surface area (Å²) in [5.74, 6) is 0. The molecule has 2 fully saturated rings. The summed E-state index contributed by atoms with van der Waals surface area (Å²) in [4.78, 5) is 0. The first-order chi connectivity index (χ1) is 9.78. The Morgan fingerprint density at radius 2 is 1.90 bits per heavy atom. The molecule has 0 radical (unpaired) electrons. The maximum atomic E-state index is 6.09. The second-order valence-corrected chi connectivity index (χ2v) is 5.40. The van der Waals surface area contributed by atoms with Gasteiger partial charge in [-0.15, -0.1) is 0 Å². The molecule has 0 N–H and O–H groups in total. The summed E-state index contributed by atoms with van der Waals surface area (Å²) >= 11 is 0. The standard InChI is InChI=1S/C16H22O4/c1-3-7-13-14(15-16(20-13)19-11(2)18-15)17-10-12-8-5-4-6-9-12/h4-6,8-9,11,13-16H,3,7,10H2,1-2H3/t11?,13-,14+,15-,16+/m1/s1. The normalized spacial score (nSPS) is 36.2. The van der Waals surface area contributed by atoms with Gasteiger partial charge in [-0.05, 0) is 18.9 Å². The average Bonchev–Trinajstić information content (AvgIpc) is 2.94. The van der Waals surface area contributed by atoms with Crippen LogP contribution in [0.2, 0.25) is 0 Å². The summed E-state index contributed by atoms with van der Waals surface area (Å²) in [6, 6.07) is 10.2. The van der Waals surface area contributed by atoms with E-state index in [1.54, 1.807) is 0 Å². The minimum absolute atomic E-state index is 0.0508. The van der Waals surface area contributed by atoms with Crippen molar-refractivity contribution in [3.05, 3.63) is 35.9 Å². The van der Waals surface area contributed by atoms with Crippen molar-refractivity contribution in [1.82, 2.24) is 0 Å². The van der Waals surface area contributed by atoms with Gasteiger partial charge in [-0.25, -0.2) is 0 Å². The number of hydrogen-bond donors (Lipinski definition) is 0. The molecule has 0 aliphatic carbocycles. The Kier molecular flexibility index (Phi) is 4.36. The van der Waals surface area contributed by atoms with E-state index in [0.717, 1.165) is 18.4 Å². The molecule has 4 nitrogen and oxygen atoms in total. The van der Waals surface area contributed by atoms with Crippen molar-refractivity contribution < 1.29 is 18.9 Å². The third-order valence-corrected chi connectivity index (χ3v) is 3.80. The zero-order chi connectivity index (χ0) is 13.9. The lowest BCUT2D eigenvalue weighted by Crippen LogP contribution is -2.35. The Labute approximate surface area is 120 Å². The second kappa shape index (κ2) is 6.22. The van der Waals surface area contributed by atoms with Crippen LogP contribution in [0.4, 0.5) is 0 Å². The summed E-state index contributed by atoms with van der Waals surface area (Å²) in [7, 11) is 0. The van der Waals surface area contributed by atoms with Gasteiger partial charge in [0, 0.05) is 0 Å². The maximum absolute atomic E-state index is 6.09. The lowest BCUT2D eigenvalue weighted by atomic mass is 10.1. The number of fused-ring (bicyclic) bond motifs is 1. The highest BCUT2D eigenvalue weighted by molar-refractivity contribution is 5.13. The number of ether oxygens (including phenoxy) is 4. The molecule has 3 rings (SSSR count). The molecule has 1 aromatic rings. The molecule has 2 aliphatic heterocycles. The molecule has 5 atom stereocenters. The smallest absolute Gasteiger partial charge is 0.189 e. The second-order valence-electron chi connectivity index (χ2n) is 5.40. The van der Waals surface area contributed by atoms with Gasteiger partial charge < -0.3 is 18.9 Å². The van der Waals surface area contributed by atoms with Crippen LogP contribution in [0.5, 0.6) is 0 Å². The molecule has 2 saturated heterocycles. The zero-order valence-corrected chi connectivity index (χ0v) is 12.0. The van der Waals surface area contributed by atoms with Crippen LogP contribution in [-0.2, 0) is 25.6 Å². The summed E-state index contributed by atoms with van der Waals surface area (Å²) in [5, 5.41) is 0. The van der Waals surface area contributed by atoms with Gasteiger partial charge in [-0.1, -0.05) is 43.7 Å². The molecule has 0 spiro atoms. The number of benzene rings is 1. The van der Waals surface area contributed by atoms with E-state index in [2.05, 4.69) is 19.1 Å². The van der Waals surface area contributed by atoms with Gasteiger partial charge in [0.15, 0.2) is 12.6 Å². The summed E-state index contributed by atoms with van der Waals surface area (Å²) < 4.78 is 23.4. The van der Waals surface area contributed by atoms with Crippen LogP contribution >= 0.6 is 0 Å². The van der Waals surface area contributed by atoms with Gasteiger partial charge in [0.2, 0.25) is 0 Å². The highest BCUT2D eigenvalue weighted by Gasteiger charge is 2.51. The van der Waals surface area contributed by atoms with Crippen LogP contribution < -0.4 is 0 Å². The molecule has 0 aromatic heterocycles. The summed E-state index contributed by atoms with van der Waals surface area (Å²) in [6.07, 6.45) is 1.44. The molecule has 2 aliphatic rings. The van der Waals surface area contributed by atoms with Crippen molar-refractivity contribution in [3.63, 3.8) is 0 Å². The topological polar surface area (TPSA) is 36.9 Å². The lowest BCUT2D eigenvalue weighted by Gasteiger charge is -2.22. The first-order valence-electron chi connectivity index (χ1n) is 7.40. The first kappa shape index (κ1) is 14.0. The van der Waals surface area contributed by atoms with Crippen LogP contribution in [0, 0.1) is 0 Å². The van der Waals surface area contributed by atoms with Crippen LogP contribution in [-0.4, -0.2) is 30.9 Å². The molecular weight excluding hydrogens is 256 g/mol. The predicted octanol–water partition coefficient (Wildman–Crippen LogP) is 2.86. The van der Waals surface area contributed by atoms with E-state index < -0.39 is 0 Å². The number of rotatable bonds is 5. The minimum Gasteiger partial charge on any atom is -0.368 e. The Balaban J connectivity index is 1.64. The molecule has 110 valence electrons. The summed E-state index contributed by atoms with van der Waals surface area (Å²) in [6.45, 7) is 4.62. The van der Waals surface area contributed by atoms with Gasteiger partial charge in [0.05, 0.1) is 12.7 Å². The predicted molar refractivity (Wildman–Crippen MR) is 74.0 cm³/mol. The molecule has 0 amide bonds. The molecule has 2 heterocycles. The van der Waals surface area contributed by atoms with E-state index >= 15 is 0 Å². The molecule has 1 aromatic carbocycles. The SMILES string of the molecule is CCC[C@H]1O[C@@H]2OC(C)O[C@@H]2[C@H]1OCc1ccccc1. The van der Waals surface area contributed by atoms with Crippen molar-refractivity contribution in [2.45, 2.75) is 64.2 Å². The fourth-order valence-electron chi connectivity index (χ4n) is 2.87. The third-order valence-electron chi connectivity index (χ3n) is 3.80. The molecule has 4 heteroatoms. The monoisotopic (exact) mass is 278 g/mol. The first-order valence-corrected chi connectivity index (χ1v) is 7.40.